The lowest BCUT2D eigenvalue weighted by atomic mass is 9.92. The van der Waals surface area contributed by atoms with E-state index in [9.17, 15) is 0 Å². The molecule has 0 amide bonds. The summed E-state index contributed by atoms with van der Waals surface area (Å²) in [4.78, 5) is 0. The monoisotopic (exact) mass is 211 g/mol. The van der Waals surface area contributed by atoms with Crippen LogP contribution in [0.5, 0.6) is 0 Å². The summed E-state index contributed by atoms with van der Waals surface area (Å²) < 4.78 is 0. The van der Waals surface area contributed by atoms with Gasteiger partial charge in [0.1, 0.15) is 0 Å². The highest BCUT2D eigenvalue weighted by Crippen LogP contribution is 2.25. The summed E-state index contributed by atoms with van der Waals surface area (Å²) in [6, 6.07) is 6.15. The average molecular weight is 212 g/mol. The molecule has 0 spiro atoms. The van der Waals surface area contributed by atoms with E-state index in [0.717, 1.165) is 17.0 Å². The van der Waals surface area contributed by atoms with Gasteiger partial charge in [-0.1, -0.05) is 44.0 Å². The smallest absolute Gasteiger partial charge is 0.0435 e. The topological polar surface area (TPSA) is 26.0 Å². The first-order valence-corrected chi connectivity index (χ1v) is 5.45. The SMILES string of the molecule is CCC(C)[C@@H](N)c1ccc(Cl)c(C)c1. The van der Waals surface area contributed by atoms with Crippen molar-refractivity contribution >= 4 is 11.6 Å². The highest BCUT2D eigenvalue weighted by Gasteiger charge is 2.13. The maximum Gasteiger partial charge on any atom is 0.0435 e. The van der Waals surface area contributed by atoms with Crippen LogP contribution in [-0.2, 0) is 0 Å². The van der Waals surface area contributed by atoms with Crippen LogP contribution in [-0.4, -0.2) is 0 Å². The number of nitrogens with two attached hydrogens (primary N) is 1. The first kappa shape index (κ1) is 11.5. The van der Waals surface area contributed by atoms with E-state index in [1.807, 2.05) is 19.1 Å². The molecule has 0 saturated heterocycles. The maximum absolute atomic E-state index is 6.12. The second-order valence-electron chi connectivity index (χ2n) is 3.92. The van der Waals surface area contributed by atoms with Crippen molar-refractivity contribution in [1.82, 2.24) is 0 Å². The number of hydrogen-bond acceptors (Lipinski definition) is 1. The molecule has 0 fully saturated rings. The molecule has 78 valence electrons. The average Bonchev–Trinajstić information content (AvgIpc) is 2.20. The van der Waals surface area contributed by atoms with Crippen molar-refractivity contribution in [2.45, 2.75) is 33.2 Å². The van der Waals surface area contributed by atoms with E-state index in [4.69, 9.17) is 17.3 Å². The minimum Gasteiger partial charge on any atom is -0.324 e. The molecule has 0 bridgehead atoms. The molecule has 0 aliphatic carbocycles. The van der Waals surface area contributed by atoms with Crippen LogP contribution in [0.4, 0.5) is 0 Å². The van der Waals surface area contributed by atoms with E-state index in [1.165, 1.54) is 5.56 Å². The predicted molar refractivity (Wildman–Crippen MR) is 62.6 cm³/mol. The van der Waals surface area contributed by atoms with E-state index in [0.29, 0.717) is 5.92 Å². The molecule has 0 aliphatic heterocycles. The Hall–Kier alpha value is -0.530. The molecule has 2 atom stereocenters. The molecule has 0 aromatic heterocycles. The van der Waals surface area contributed by atoms with Crippen molar-refractivity contribution in [1.29, 1.82) is 0 Å². The molecule has 2 N–H and O–H groups in total. The van der Waals surface area contributed by atoms with Crippen molar-refractivity contribution in [3.8, 4) is 0 Å². The zero-order chi connectivity index (χ0) is 10.7. The van der Waals surface area contributed by atoms with Crippen LogP contribution in [0.3, 0.4) is 0 Å². The first-order valence-electron chi connectivity index (χ1n) is 5.08. The zero-order valence-electron chi connectivity index (χ0n) is 9.05. The molecule has 1 nitrogen and oxygen atoms in total. The standard InChI is InChI=1S/C12H18ClN/c1-4-8(2)12(14)10-5-6-11(13)9(3)7-10/h5-8,12H,4,14H2,1-3H3/t8?,12-/m1/s1. The van der Waals surface area contributed by atoms with E-state index in [-0.39, 0.29) is 6.04 Å². The maximum atomic E-state index is 6.12. The molecule has 0 heterocycles. The minimum atomic E-state index is 0.121. The first-order chi connectivity index (χ1) is 6.56. The molecule has 1 aromatic rings. The van der Waals surface area contributed by atoms with E-state index >= 15 is 0 Å². The molecular weight excluding hydrogens is 194 g/mol. The predicted octanol–water partition coefficient (Wildman–Crippen LogP) is 3.69. The van der Waals surface area contributed by atoms with Gasteiger partial charge < -0.3 is 5.73 Å². The van der Waals surface area contributed by atoms with Gasteiger partial charge in [0.15, 0.2) is 0 Å². The number of benzene rings is 1. The van der Waals surface area contributed by atoms with Gasteiger partial charge >= 0.3 is 0 Å². The second-order valence-corrected chi connectivity index (χ2v) is 4.33. The van der Waals surface area contributed by atoms with E-state index in [2.05, 4.69) is 19.9 Å². The van der Waals surface area contributed by atoms with E-state index < -0.39 is 0 Å². The Morgan fingerprint density at radius 3 is 2.57 bits per heavy atom. The van der Waals surface area contributed by atoms with Crippen molar-refractivity contribution in [2.24, 2.45) is 11.7 Å². The van der Waals surface area contributed by atoms with Gasteiger partial charge in [0, 0.05) is 11.1 Å². The fourth-order valence-corrected chi connectivity index (χ4v) is 1.58. The third-order valence-electron chi connectivity index (χ3n) is 2.82. The van der Waals surface area contributed by atoms with Crippen LogP contribution in [0.2, 0.25) is 5.02 Å². The van der Waals surface area contributed by atoms with Gasteiger partial charge in [-0.05, 0) is 30.0 Å². The van der Waals surface area contributed by atoms with Gasteiger partial charge in [0.25, 0.3) is 0 Å². The van der Waals surface area contributed by atoms with Crippen LogP contribution in [0.25, 0.3) is 0 Å². The Balaban J connectivity index is 2.91. The largest absolute Gasteiger partial charge is 0.324 e. The summed E-state index contributed by atoms with van der Waals surface area (Å²) in [6.45, 7) is 6.34. The number of aryl methyl sites for hydroxylation is 1. The van der Waals surface area contributed by atoms with Gasteiger partial charge in [-0.25, -0.2) is 0 Å². The summed E-state index contributed by atoms with van der Waals surface area (Å²) in [7, 11) is 0. The van der Waals surface area contributed by atoms with Gasteiger partial charge in [-0.15, -0.1) is 0 Å². The fraction of sp³-hybridized carbons (Fsp3) is 0.500. The molecule has 1 unspecified atom stereocenters. The Bertz CT molecular complexity index is 309. The summed E-state index contributed by atoms with van der Waals surface area (Å²) in [6.07, 6.45) is 1.10. The third kappa shape index (κ3) is 2.49. The van der Waals surface area contributed by atoms with Crippen molar-refractivity contribution in [3.63, 3.8) is 0 Å². The summed E-state index contributed by atoms with van der Waals surface area (Å²) in [5, 5.41) is 0.810. The van der Waals surface area contributed by atoms with Gasteiger partial charge in [0.05, 0.1) is 0 Å². The lowest BCUT2D eigenvalue weighted by Gasteiger charge is -2.19. The Morgan fingerprint density at radius 1 is 1.43 bits per heavy atom. The molecule has 1 aromatic carbocycles. The van der Waals surface area contributed by atoms with Crippen molar-refractivity contribution < 1.29 is 0 Å². The van der Waals surface area contributed by atoms with Crippen molar-refractivity contribution in [3.05, 3.63) is 34.3 Å². The van der Waals surface area contributed by atoms with Gasteiger partial charge in [0.2, 0.25) is 0 Å². The molecule has 0 radical (unpaired) electrons. The van der Waals surface area contributed by atoms with Crippen LogP contribution >= 0.6 is 11.6 Å². The fourth-order valence-electron chi connectivity index (χ4n) is 1.46. The summed E-state index contributed by atoms with van der Waals surface area (Å²) in [5.41, 5.74) is 8.41. The Morgan fingerprint density at radius 2 is 2.07 bits per heavy atom. The number of rotatable bonds is 3. The number of halogens is 1. The normalized spacial score (nSPS) is 15.2. The Labute approximate surface area is 91.3 Å². The highest BCUT2D eigenvalue weighted by atomic mass is 35.5. The third-order valence-corrected chi connectivity index (χ3v) is 3.25. The molecular formula is C12H18ClN. The molecule has 0 aliphatic rings. The highest BCUT2D eigenvalue weighted by molar-refractivity contribution is 6.31. The summed E-state index contributed by atoms with van der Waals surface area (Å²) in [5.74, 6) is 0.510. The minimum absolute atomic E-state index is 0.121. The van der Waals surface area contributed by atoms with Crippen LogP contribution in [0.1, 0.15) is 37.4 Å². The quantitative estimate of drug-likeness (QED) is 0.811. The van der Waals surface area contributed by atoms with Gasteiger partial charge in [-0.3, -0.25) is 0 Å². The molecule has 14 heavy (non-hydrogen) atoms. The molecule has 0 saturated carbocycles. The Kier molecular flexibility index (Phi) is 3.97. The van der Waals surface area contributed by atoms with Gasteiger partial charge in [-0.2, -0.15) is 0 Å². The van der Waals surface area contributed by atoms with Crippen molar-refractivity contribution in [2.75, 3.05) is 0 Å². The molecule has 1 rings (SSSR count). The zero-order valence-corrected chi connectivity index (χ0v) is 9.81. The van der Waals surface area contributed by atoms with Crippen LogP contribution in [0, 0.1) is 12.8 Å². The lowest BCUT2D eigenvalue weighted by Crippen LogP contribution is -2.18. The number of hydrogen-bond donors (Lipinski definition) is 1. The lowest BCUT2D eigenvalue weighted by molar-refractivity contribution is 0.456. The van der Waals surface area contributed by atoms with E-state index in [1.54, 1.807) is 0 Å². The van der Waals surface area contributed by atoms with Crippen LogP contribution < -0.4 is 5.73 Å². The second kappa shape index (κ2) is 4.81. The molecule has 2 heteroatoms. The summed E-state index contributed by atoms with van der Waals surface area (Å²) >= 11 is 5.96. The van der Waals surface area contributed by atoms with Crippen LogP contribution in [0.15, 0.2) is 18.2 Å².